The van der Waals surface area contributed by atoms with E-state index in [-0.39, 0.29) is 29.4 Å². The van der Waals surface area contributed by atoms with Crippen molar-refractivity contribution in [3.8, 4) is 5.75 Å². The minimum Gasteiger partial charge on any atom is -0.484 e. The number of carbonyl (C=O) groups is 1. The quantitative estimate of drug-likeness (QED) is 0.687. The zero-order chi connectivity index (χ0) is 21.5. The summed E-state index contributed by atoms with van der Waals surface area (Å²) in [6.45, 7) is 3.75. The van der Waals surface area contributed by atoms with Crippen molar-refractivity contribution in [1.82, 2.24) is 0 Å². The monoisotopic (exact) mass is 464 g/mol. The minimum atomic E-state index is -3.11. The third-order valence-corrected chi connectivity index (χ3v) is 8.55. The average Bonchev–Trinajstić information content (AvgIpc) is 3.14. The molecule has 0 aromatic heterocycles. The van der Waals surface area contributed by atoms with Gasteiger partial charge in [-0.1, -0.05) is 35.5 Å². The zero-order valence-corrected chi connectivity index (χ0v) is 18.9. The number of aryl methyl sites for hydroxylation is 2. The van der Waals surface area contributed by atoms with E-state index in [2.05, 4.69) is 4.99 Å². The molecule has 2 saturated heterocycles. The van der Waals surface area contributed by atoms with Gasteiger partial charge in [-0.2, -0.15) is 4.99 Å². The van der Waals surface area contributed by atoms with Gasteiger partial charge in [-0.05, 0) is 55.3 Å². The predicted octanol–water partition coefficient (Wildman–Crippen LogP) is 3.64. The molecule has 2 aromatic rings. The molecule has 0 saturated carbocycles. The highest BCUT2D eigenvalue weighted by Gasteiger charge is 2.49. The first-order valence-corrected chi connectivity index (χ1v) is 12.5. The van der Waals surface area contributed by atoms with Crippen LogP contribution in [0.25, 0.3) is 0 Å². The summed E-state index contributed by atoms with van der Waals surface area (Å²) in [6.07, 6.45) is 0. The molecule has 2 unspecified atom stereocenters. The summed E-state index contributed by atoms with van der Waals surface area (Å²) in [5, 5.41) is 0.971. The van der Waals surface area contributed by atoms with E-state index in [1.807, 2.05) is 36.9 Å². The lowest BCUT2D eigenvalue weighted by Crippen LogP contribution is -2.38. The molecule has 2 aliphatic rings. The van der Waals surface area contributed by atoms with Crippen LogP contribution in [0, 0.1) is 13.8 Å². The third-order valence-electron chi connectivity index (χ3n) is 5.09. The van der Waals surface area contributed by atoms with E-state index in [4.69, 9.17) is 16.3 Å². The number of sulfone groups is 1. The number of amidine groups is 1. The first-order chi connectivity index (χ1) is 14.2. The summed E-state index contributed by atoms with van der Waals surface area (Å²) in [6, 6.07) is 12.5. The fourth-order valence-corrected chi connectivity index (χ4v) is 7.69. The Balaban J connectivity index is 1.59. The summed E-state index contributed by atoms with van der Waals surface area (Å²) in [4.78, 5) is 18.7. The van der Waals surface area contributed by atoms with Crippen LogP contribution >= 0.6 is 23.4 Å². The lowest BCUT2D eigenvalue weighted by Gasteiger charge is -2.26. The molecule has 0 bridgehead atoms. The largest absolute Gasteiger partial charge is 0.484 e. The molecule has 2 aromatic carbocycles. The molecular formula is C21H21ClN2O4S2. The van der Waals surface area contributed by atoms with Crippen molar-refractivity contribution in [1.29, 1.82) is 0 Å². The Kier molecular flexibility index (Phi) is 5.83. The SMILES string of the molecule is Cc1ccc(C)c(N2C(=NC(=O)COc3ccc(Cl)cc3)SC3CS(=O)(=O)CC32)c1. The number of hydrogen-bond donors (Lipinski definition) is 0. The maximum Gasteiger partial charge on any atom is 0.285 e. The molecule has 2 aliphatic heterocycles. The third kappa shape index (κ3) is 4.50. The van der Waals surface area contributed by atoms with Gasteiger partial charge in [0.15, 0.2) is 21.6 Å². The van der Waals surface area contributed by atoms with Crippen LogP contribution in [0.5, 0.6) is 5.75 Å². The van der Waals surface area contributed by atoms with Gasteiger partial charge in [-0.25, -0.2) is 8.42 Å². The Bertz CT molecular complexity index is 1120. The van der Waals surface area contributed by atoms with E-state index < -0.39 is 15.7 Å². The number of fused-ring (bicyclic) bond motifs is 1. The van der Waals surface area contributed by atoms with Crippen LogP contribution in [-0.4, -0.2) is 48.9 Å². The van der Waals surface area contributed by atoms with Gasteiger partial charge in [0.1, 0.15) is 5.75 Å². The molecule has 9 heteroatoms. The van der Waals surface area contributed by atoms with Crippen LogP contribution in [-0.2, 0) is 14.6 Å². The molecule has 0 radical (unpaired) electrons. The second-order valence-electron chi connectivity index (χ2n) is 7.49. The summed E-state index contributed by atoms with van der Waals surface area (Å²) in [5.41, 5.74) is 2.95. The van der Waals surface area contributed by atoms with Crippen molar-refractivity contribution in [2.75, 3.05) is 23.0 Å². The number of halogens is 1. The second-order valence-corrected chi connectivity index (χ2v) is 11.3. The van der Waals surface area contributed by atoms with Crippen molar-refractivity contribution in [2.24, 2.45) is 4.99 Å². The topological polar surface area (TPSA) is 76.0 Å². The molecule has 6 nitrogen and oxygen atoms in total. The fraction of sp³-hybridized carbons (Fsp3) is 0.333. The van der Waals surface area contributed by atoms with Crippen molar-refractivity contribution in [2.45, 2.75) is 25.1 Å². The van der Waals surface area contributed by atoms with Gasteiger partial charge < -0.3 is 9.64 Å². The van der Waals surface area contributed by atoms with Gasteiger partial charge in [0, 0.05) is 16.0 Å². The van der Waals surface area contributed by atoms with E-state index in [0.29, 0.717) is 15.9 Å². The average molecular weight is 465 g/mol. The molecule has 2 fully saturated rings. The maximum absolute atomic E-state index is 12.5. The first-order valence-electron chi connectivity index (χ1n) is 9.45. The Morgan fingerprint density at radius 1 is 1.20 bits per heavy atom. The predicted molar refractivity (Wildman–Crippen MR) is 122 cm³/mol. The minimum absolute atomic E-state index is 0.0620. The van der Waals surface area contributed by atoms with Crippen molar-refractivity contribution in [3.63, 3.8) is 0 Å². The number of carbonyl (C=O) groups excluding carboxylic acids is 1. The highest BCUT2D eigenvalue weighted by molar-refractivity contribution is 8.16. The van der Waals surface area contributed by atoms with Crippen LogP contribution < -0.4 is 9.64 Å². The number of rotatable bonds is 4. The van der Waals surface area contributed by atoms with E-state index in [0.717, 1.165) is 16.8 Å². The van der Waals surface area contributed by atoms with Gasteiger partial charge >= 0.3 is 0 Å². The molecule has 0 spiro atoms. The Morgan fingerprint density at radius 2 is 1.93 bits per heavy atom. The van der Waals surface area contributed by atoms with E-state index in [1.54, 1.807) is 24.3 Å². The standard InChI is InChI=1S/C21H21ClN2O4S2/c1-13-3-4-14(2)17(9-13)24-18-11-30(26,27)12-19(18)29-21(24)23-20(25)10-28-16-7-5-15(22)6-8-16/h3-9,18-19H,10-12H2,1-2H3. The summed E-state index contributed by atoms with van der Waals surface area (Å²) < 4.78 is 29.9. The molecule has 2 heterocycles. The lowest BCUT2D eigenvalue weighted by atomic mass is 10.1. The summed E-state index contributed by atoms with van der Waals surface area (Å²) in [5.74, 6) is 0.261. The summed E-state index contributed by atoms with van der Waals surface area (Å²) >= 11 is 7.21. The molecule has 1 amide bonds. The normalized spacial score (nSPS) is 23.6. The van der Waals surface area contributed by atoms with Crippen LogP contribution in [0.15, 0.2) is 47.5 Å². The first kappa shape index (κ1) is 21.2. The van der Waals surface area contributed by atoms with Gasteiger partial charge in [-0.3, -0.25) is 4.79 Å². The lowest BCUT2D eigenvalue weighted by molar-refractivity contribution is -0.119. The fourth-order valence-electron chi connectivity index (χ4n) is 3.64. The smallest absolute Gasteiger partial charge is 0.285 e. The Labute approximate surface area is 185 Å². The van der Waals surface area contributed by atoms with E-state index in [1.165, 1.54) is 11.8 Å². The van der Waals surface area contributed by atoms with Crippen molar-refractivity contribution >= 4 is 50.0 Å². The van der Waals surface area contributed by atoms with Crippen LogP contribution in [0.3, 0.4) is 0 Å². The van der Waals surface area contributed by atoms with Gasteiger partial charge in [0.05, 0.1) is 17.5 Å². The molecule has 30 heavy (non-hydrogen) atoms. The molecular weight excluding hydrogens is 444 g/mol. The number of nitrogens with zero attached hydrogens (tertiary/aromatic N) is 2. The van der Waals surface area contributed by atoms with E-state index in [9.17, 15) is 13.2 Å². The zero-order valence-electron chi connectivity index (χ0n) is 16.5. The molecule has 0 aliphatic carbocycles. The molecule has 158 valence electrons. The number of anilines is 1. The van der Waals surface area contributed by atoms with Crippen LogP contribution in [0.2, 0.25) is 5.02 Å². The number of hydrogen-bond acceptors (Lipinski definition) is 5. The second kappa shape index (κ2) is 8.24. The van der Waals surface area contributed by atoms with Gasteiger partial charge in [0.25, 0.3) is 5.91 Å². The molecule has 2 atom stereocenters. The van der Waals surface area contributed by atoms with Gasteiger partial charge in [0.2, 0.25) is 0 Å². The van der Waals surface area contributed by atoms with Crippen LogP contribution in [0.4, 0.5) is 5.69 Å². The van der Waals surface area contributed by atoms with E-state index >= 15 is 0 Å². The number of benzene rings is 2. The van der Waals surface area contributed by atoms with Crippen molar-refractivity contribution in [3.05, 3.63) is 58.6 Å². The van der Waals surface area contributed by atoms with Crippen LogP contribution in [0.1, 0.15) is 11.1 Å². The number of amides is 1. The highest BCUT2D eigenvalue weighted by Crippen LogP contribution is 2.42. The number of aliphatic imine (C=N–C) groups is 1. The van der Waals surface area contributed by atoms with Gasteiger partial charge in [-0.15, -0.1) is 0 Å². The molecule has 0 N–H and O–H groups in total. The number of ether oxygens (including phenoxy) is 1. The Morgan fingerprint density at radius 3 is 2.67 bits per heavy atom. The number of thioether (sulfide) groups is 1. The Hall–Kier alpha value is -2.03. The highest BCUT2D eigenvalue weighted by atomic mass is 35.5. The molecule has 4 rings (SSSR count). The maximum atomic E-state index is 12.5. The summed E-state index contributed by atoms with van der Waals surface area (Å²) in [7, 11) is -3.11. The van der Waals surface area contributed by atoms with Crippen molar-refractivity contribution < 1.29 is 17.9 Å².